The number of aryl methyl sites for hydroxylation is 4. The summed E-state index contributed by atoms with van der Waals surface area (Å²) in [7, 11) is -5.05. The van der Waals surface area contributed by atoms with Gasteiger partial charge in [0.15, 0.2) is 5.78 Å². The van der Waals surface area contributed by atoms with Gasteiger partial charge in [0.25, 0.3) is 8.32 Å². The van der Waals surface area contributed by atoms with E-state index in [1.54, 1.807) is 6.08 Å². The molecule has 0 spiro atoms. The summed E-state index contributed by atoms with van der Waals surface area (Å²) in [6, 6.07) is 27.1. The van der Waals surface area contributed by atoms with Crippen molar-refractivity contribution < 1.29 is 28.3 Å². The molecule has 0 saturated carbocycles. The number of unbranched alkanes of at least 4 members (excludes halogenated alkanes) is 1. The molecule has 0 fully saturated rings. The van der Waals surface area contributed by atoms with Crippen LogP contribution >= 0.6 is 23.2 Å². The van der Waals surface area contributed by atoms with E-state index in [0.29, 0.717) is 46.6 Å². The van der Waals surface area contributed by atoms with E-state index in [9.17, 15) is 14.4 Å². The van der Waals surface area contributed by atoms with Crippen LogP contribution < -0.4 is 10.4 Å². The van der Waals surface area contributed by atoms with Crippen LogP contribution in [0, 0.1) is 34.6 Å². The van der Waals surface area contributed by atoms with Gasteiger partial charge in [0.05, 0.1) is 24.3 Å². The van der Waals surface area contributed by atoms with E-state index in [1.165, 1.54) is 10.4 Å². The molecule has 0 heterocycles. The maximum Gasteiger partial charge on any atom is 0.338 e. The van der Waals surface area contributed by atoms with Gasteiger partial charge < -0.3 is 13.9 Å². The van der Waals surface area contributed by atoms with Gasteiger partial charge in [-0.25, -0.2) is 9.59 Å². The molecule has 4 aromatic rings. The SMILES string of the molecule is Cc1cc(C)c(C(=O)OCC[Si](C)(C)C)c(C)c1Cl.Cc1cc(C)c(C(=O)OCC[Si](C)(C)C)c(CC(=O)/C=C/CC/C=C/CCO[Si](c2ccccc2)(c2ccccc2)C(C)(C)C)c1Cl. The van der Waals surface area contributed by atoms with E-state index in [1.807, 2.05) is 52.8 Å². The summed E-state index contributed by atoms with van der Waals surface area (Å²) in [5, 5.41) is 3.63. The lowest BCUT2D eigenvalue weighted by atomic mass is 9.95. The van der Waals surface area contributed by atoms with Crippen molar-refractivity contribution in [2.45, 2.75) is 137 Å². The standard InChI is InChI=1S/C40H53ClO4Si2.C15H23ClO2Si/c1-31-29-32(2)38(41)36(37(31)39(43)44-27-28-46(6,7)8)30-33(42)21-15-11-9-10-12-20-26-45-47(40(3,4)5,34-22-16-13-17-23-34)35-24-18-14-19-25-35;1-10-9-11(2)14(16)12(3)13(10)15(17)18-7-8-19(4,5)6/h10,12-19,21-25,29H,9,11,20,26-28,30H2,1-8H3;9H,7-8H2,1-6H3/b12-10+,21-15+;. The van der Waals surface area contributed by atoms with Crippen molar-refractivity contribution in [3.8, 4) is 0 Å². The summed E-state index contributed by atoms with van der Waals surface area (Å²) in [6.45, 7) is 31.4. The summed E-state index contributed by atoms with van der Waals surface area (Å²) in [5.74, 6) is -0.746. The van der Waals surface area contributed by atoms with E-state index in [-0.39, 0.29) is 23.2 Å². The van der Waals surface area contributed by atoms with Crippen LogP contribution in [0.2, 0.25) is 66.5 Å². The van der Waals surface area contributed by atoms with Gasteiger partial charge in [0, 0.05) is 39.2 Å². The van der Waals surface area contributed by atoms with E-state index >= 15 is 0 Å². The Bertz CT molecular complexity index is 2260. The molecule has 0 saturated heterocycles. The highest BCUT2D eigenvalue weighted by atomic mass is 35.5. The third-order valence-electron chi connectivity index (χ3n) is 11.5. The lowest BCUT2D eigenvalue weighted by Crippen LogP contribution is -2.66. The molecule has 11 heteroatoms. The van der Waals surface area contributed by atoms with E-state index in [0.717, 1.165) is 59.2 Å². The average molecular weight is 988 g/mol. The summed E-state index contributed by atoms with van der Waals surface area (Å²) in [4.78, 5) is 38.2. The van der Waals surface area contributed by atoms with E-state index < -0.39 is 30.4 Å². The largest absolute Gasteiger partial charge is 0.462 e. The Morgan fingerprint density at radius 2 is 1.02 bits per heavy atom. The summed E-state index contributed by atoms with van der Waals surface area (Å²) in [5.41, 5.74) is 5.95. The molecule has 358 valence electrons. The van der Waals surface area contributed by atoms with E-state index in [4.69, 9.17) is 37.1 Å². The minimum Gasteiger partial charge on any atom is -0.462 e. The highest BCUT2D eigenvalue weighted by Crippen LogP contribution is 2.37. The van der Waals surface area contributed by atoms with Crippen molar-refractivity contribution in [3.63, 3.8) is 0 Å². The zero-order valence-electron chi connectivity index (χ0n) is 42.3. The quantitative estimate of drug-likeness (QED) is 0.0289. The molecule has 6 nitrogen and oxygen atoms in total. The highest BCUT2D eigenvalue weighted by Gasteiger charge is 2.50. The van der Waals surface area contributed by atoms with Gasteiger partial charge in [-0.1, -0.05) is 174 Å². The number of carbonyl (C=O) groups excluding carboxylic acids is 3. The summed E-state index contributed by atoms with van der Waals surface area (Å²) < 4.78 is 18.0. The molecule has 0 amide bonds. The van der Waals surface area contributed by atoms with Crippen LogP contribution in [0.15, 0.2) is 97.1 Å². The molecule has 0 bridgehead atoms. The van der Waals surface area contributed by atoms with Crippen molar-refractivity contribution in [1.29, 1.82) is 0 Å². The first-order chi connectivity index (χ1) is 30.8. The van der Waals surface area contributed by atoms with Crippen molar-refractivity contribution in [1.82, 2.24) is 0 Å². The number of esters is 2. The molecule has 0 aliphatic rings. The smallest absolute Gasteiger partial charge is 0.338 e. The molecule has 0 aliphatic heterocycles. The zero-order chi connectivity index (χ0) is 49.5. The molecule has 4 rings (SSSR count). The summed E-state index contributed by atoms with van der Waals surface area (Å²) in [6.07, 6.45) is 10.3. The molecule has 4 aromatic carbocycles. The summed E-state index contributed by atoms with van der Waals surface area (Å²) >= 11 is 12.8. The average Bonchev–Trinajstić information content (AvgIpc) is 3.22. The van der Waals surface area contributed by atoms with Crippen LogP contribution in [-0.4, -0.2) is 62.0 Å². The van der Waals surface area contributed by atoms with Crippen molar-refractivity contribution >= 4 is 75.8 Å². The molecule has 0 aliphatic carbocycles. The van der Waals surface area contributed by atoms with Crippen LogP contribution in [0.5, 0.6) is 0 Å². The third-order valence-corrected chi connectivity index (χ3v) is 21.1. The number of benzene rings is 4. The number of halogens is 2. The Labute approximate surface area is 410 Å². The Hall–Kier alpha value is -3.84. The maximum atomic E-state index is 13.1. The molecule has 66 heavy (non-hydrogen) atoms. The van der Waals surface area contributed by atoms with Crippen LogP contribution in [-0.2, 0) is 25.1 Å². The Balaban J connectivity index is 0.000000507. The Morgan fingerprint density at radius 1 is 0.576 bits per heavy atom. The Kier molecular flexibility index (Phi) is 21.8. The van der Waals surface area contributed by atoms with Gasteiger partial charge in [-0.05, 0) is 121 Å². The monoisotopic (exact) mass is 986 g/mol. The number of hydrogen-bond donors (Lipinski definition) is 0. The fourth-order valence-corrected chi connectivity index (χ4v) is 14.3. The topological polar surface area (TPSA) is 78.9 Å². The van der Waals surface area contributed by atoms with Crippen molar-refractivity contribution in [2.75, 3.05) is 19.8 Å². The zero-order valence-corrected chi connectivity index (χ0v) is 46.8. The number of ether oxygens (including phenoxy) is 2. The first kappa shape index (κ1) is 56.5. The first-order valence-electron chi connectivity index (χ1n) is 23.3. The van der Waals surface area contributed by atoms with Crippen LogP contribution in [0.4, 0.5) is 0 Å². The second kappa shape index (κ2) is 25.5. The molecular weight excluding hydrogens is 912 g/mol. The van der Waals surface area contributed by atoms with Crippen molar-refractivity contribution in [3.05, 3.63) is 152 Å². The van der Waals surface area contributed by atoms with Gasteiger partial charge in [0.1, 0.15) is 0 Å². The van der Waals surface area contributed by atoms with Crippen molar-refractivity contribution in [2.24, 2.45) is 0 Å². The second-order valence-corrected chi connectivity index (χ2v) is 37.1. The molecule has 0 unspecified atom stereocenters. The van der Waals surface area contributed by atoms with E-state index in [2.05, 4.69) is 133 Å². The number of ketones is 1. The van der Waals surface area contributed by atoms with Gasteiger partial charge in [-0.15, -0.1) is 0 Å². The predicted octanol–water partition coefficient (Wildman–Crippen LogP) is 14.2. The second-order valence-electron chi connectivity index (χ2n) is 20.8. The van der Waals surface area contributed by atoms with Crippen LogP contribution in [0.25, 0.3) is 0 Å². The minimum atomic E-state index is -2.53. The first-order valence-corrected chi connectivity index (χ1v) is 33.4. The fraction of sp³-hybridized carbons (Fsp3) is 0.436. The fourth-order valence-electron chi connectivity index (χ4n) is 7.93. The molecule has 0 atom stereocenters. The molecule has 0 aromatic heterocycles. The van der Waals surface area contributed by atoms with Gasteiger partial charge in [-0.3, -0.25) is 4.79 Å². The van der Waals surface area contributed by atoms with Crippen LogP contribution in [0.1, 0.15) is 94.1 Å². The third kappa shape index (κ3) is 16.7. The number of rotatable bonds is 20. The molecule has 0 N–H and O–H groups in total. The van der Waals surface area contributed by atoms with Gasteiger partial charge >= 0.3 is 11.9 Å². The number of allylic oxidation sites excluding steroid dienone is 3. The maximum absolute atomic E-state index is 13.1. The lowest BCUT2D eigenvalue weighted by Gasteiger charge is -2.43. The lowest BCUT2D eigenvalue weighted by molar-refractivity contribution is -0.114. The molecule has 0 radical (unpaired) electrons. The van der Waals surface area contributed by atoms with Crippen LogP contribution in [0.3, 0.4) is 0 Å². The number of carbonyl (C=O) groups is 3. The minimum absolute atomic E-state index is 0.0488. The van der Waals surface area contributed by atoms with Gasteiger partial charge in [0.2, 0.25) is 0 Å². The van der Waals surface area contributed by atoms with Gasteiger partial charge in [-0.2, -0.15) is 0 Å². The predicted molar refractivity (Wildman–Crippen MR) is 288 cm³/mol. The highest BCUT2D eigenvalue weighted by molar-refractivity contribution is 6.99. The number of hydrogen-bond acceptors (Lipinski definition) is 6. The Morgan fingerprint density at radius 3 is 1.50 bits per heavy atom. The normalized spacial score (nSPS) is 12.3. The molecular formula is C55H76Cl2O6Si3.